The number of hydrogen-bond acceptors (Lipinski definition) is 7. The highest BCUT2D eigenvalue weighted by Crippen LogP contribution is 2.54. The molecule has 2 unspecified atom stereocenters. The minimum Gasteiger partial charge on any atom is -0.484 e. The highest BCUT2D eigenvalue weighted by Gasteiger charge is 2.57. The van der Waals surface area contributed by atoms with E-state index in [4.69, 9.17) is 27.9 Å². The Morgan fingerprint density at radius 3 is 2.50 bits per heavy atom. The number of fused-ring (bicyclic) bond motifs is 2. The average molecular weight is 681 g/mol. The molecule has 226 valence electrons. The number of thiazole rings is 1. The topological polar surface area (TPSA) is 109 Å². The molecule has 0 saturated carbocycles. The number of H-pyrrole nitrogens is 1. The van der Waals surface area contributed by atoms with Crippen molar-refractivity contribution < 1.29 is 32.3 Å². The van der Waals surface area contributed by atoms with Crippen molar-refractivity contribution in [3.8, 4) is 5.75 Å². The molecule has 0 radical (unpaired) electrons. The van der Waals surface area contributed by atoms with Crippen molar-refractivity contribution in [1.29, 1.82) is 0 Å². The van der Waals surface area contributed by atoms with Crippen molar-refractivity contribution in [1.82, 2.24) is 4.98 Å². The zero-order chi connectivity index (χ0) is 31.3. The number of para-hydroxylation sites is 1. The second-order valence-corrected chi connectivity index (χ2v) is 12.8. The minimum atomic E-state index is -4.81. The number of alkyl halides is 3. The van der Waals surface area contributed by atoms with Crippen molar-refractivity contribution in [3.05, 3.63) is 102 Å². The van der Waals surface area contributed by atoms with Gasteiger partial charge in [-0.3, -0.25) is 19.2 Å². The van der Waals surface area contributed by atoms with Crippen LogP contribution in [0, 0.1) is 5.92 Å². The molecule has 3 atom stereocenters. The lowest BCUT2D eigenvalue weighted by molar-refractivity contribution is -0.137. The van der Waals surface area contributed by atoms with Gasteiger partial charge in [0.1, 0.15) is 11.0 Å². The molecule has 4 aromatic rings. The highest BCUT2D eigenvalue weighted by molar-refractivity contribution is 8.00. The van der Waals surface area contributed by atoms with E-state index in [2.05, 4.69) is 10.3 Å². The molecule has 8 nitrogen and oxygen atoms in total. The van der Waals surface area contributed by atoms with E-state index < -0.39 is 63.7 Å². The number of halogens is 5. The van der Waals surface area contributed by atoms with Crippen LogP contribution >= 0.6 is 46.3 Å². The zero-order valence-corrected chi connectivity index (χ0v) is 25.1. The molecule has 15 heteroatoms. The maximum atomic E-state index is 13.9. The quantitative estimate of drug-likeness (QED) is 0.223. The predicted molar refractivity (Wildman–Crippen MR) is 161 cm³/mol. The standard InChI is InChI=1S/C29H18Cl2F3N3O5S2/c30-17-9-8-14(11-18(17)31)35-20(38)12-42-15-5-3-4-13(10-15)21-22-24(43-25-23(21)44-28(41)36-25)27(40)37(26(22)39)19-7-2-1-6-16(19)29(32,33)34/h1-11,21-22,24H,12H2,(H,35,38)(H,36,41)/t21-,22?,24?/m1/s1. The molecule has 0 spiro atoms. The Hall–Kier alpha value is -3.78. The number of nitrogens with one attached hydrogen (secondary N) is 2. The molecule has 1 aromatic heterocycles. The minimum absolute atomic E-state index is 0.252. The number of amides is 3. The average Bonchev–Trinajstić information content (AvgIpc) is 3.47. The van der Waals surface area contributed by atoms with Gasteiger partial charge in [0.15, 0.2) is 6.61 Å². The fourth-order valence-corrected chi connectivity index (χ4v) is 8.05. The number of ether oxygens (including phenoxy) is 1. The Morgan fingerprint density at radius 2 is 1.75 bits per heavy atom. The van der Waals surface area contributed by atoms with Gasteiger partial charge >= 0.3 is 11.0 Å². The van der Waals surface area contributed by atoms with Crippen LogP contribution in [-0.4, -0.2) is 34.6 Å². The van der Waals surface area contributed by atoms with Crippen molar-refractivity contribution in [3.63, 3.8) is 0 Å². The van der Waals surface area contributed by atoms with Crippen LogP contribution in [0.25, 0.3) is 0 Å². The maximum absolute atomic E-state index is 13.9. The summed E-state index contributed by atoms with van der Waals surface area (Å²) in [6.45, 7) is -0.390. The first-order chi connectivity index (χ1) is 20.9. The third-order valence-electron chi connectivity index (χ3n) is 7.06. The molecule has 2 aliphatic heterocycles. The van der Waals surface area contributed by atoms with Crippen LogP contribution in [-0.2, 0) is 20.6 Å². The van der Waals surface area contributed by atoms with Crippen LogP contribution in [0.5, 0.6) is 5.75 Å². The molecule has 1 fully saturated rings. The number of benzene rings is 3. The molecule has 1 saturated heterocycles. The van der Waals surface area contributed by atoms with E-state index in [1.807, 2.05) is 0 Å². The van der Waals surface area contributed by atoms with Gasteiger partial charge in [-0.05, 0) is 48.0 Å². The molecule has 3 aromatic carbocycles. The predicted octanol–water partition coefficient (Wildman–Crippen LogP) is 6.58. The Balaban J connectivity index is 1.30. The van der Waals surface area contributed by atoms with Gasteiger partial charge in [0, 0.05) is 16.5 Å². The smallest absolute Gasteiger partial charge is 0.418 e. The lowest BCUT2D eigenvalue weighted by Gasteiger charge is -2.30. The van der Waals surface area contributed by atoms with Crippen molar-refractivity contribution >= 4 is 75.4 Å². The molecular weight excluding hydrogens is 662 g/mol. The number of carbonyl (C=O) groups is 3. The van der Waals surface area contributed by atoms with E-state index in [1.54, 1.807) is 30.3 Å². The Kier molecular flexibility index (Phi) is 7.99. The van der Waals surface area contributed by atoms with Crippen LogP contribution in [0.15, 0.2) is 76.6 Å². The molecular formula is C29H18Cl2F3N3O5S2. The summed E-state index contributed by atoms with van der Waals surface area (Å²) in [7, 11) is 0. The summed E-state index contributed by atoms with van der Waals surface area (Å²) in [6.07, 6.45) is -4.81. The van der Waals surface area contributed by atoms with Gasteiger partial charge in [0.05, 0.1) is 32.2 Å². The van der Waals surface area contributed by atoms with Gasteiger partial charge in [-0.2, -0.15) is 13.2 Å². The van der Waals surface area contributed by atoms with E-state index in [1.165, 1.54) is 24.3 Å². The van der Waals surface area contributed by atoms with Crippen LogP contribution in [0.2, 0.25) is 10.0 Å². The second-order valence-electron chi connectivity index (χ2n) is 9.81. The van der Waals surface area contributed by atoms with E-state index in [9.17, 15) is 32.3 Å². The first-order valence-electron chi connectivity index (χ1n) is 12.8. The second kappa shape index (κ2) is 11.6. The van der Waals surface area contributed by atoms with Crippen LogP contribution in [0.4, 0.5) is 24.5 Å². The largest absolute Gasteiger partial charge is 0.484 e. The highest BCUT2D eigenvalue weighted by atomic mass is 35.5. The van der Waals surface area contributed by atoms with Gasteiger partial charge in [0.25, 0.3) is 5.91 Å². The molecule has 3 amide bonds. The molecule has 44 heavy (non-hydrogen) atoms. The van der Waals surface area contributed by atoms with Crippen molar-refractivity contribution in [2.24, 2.45) is 5.92 Å². The SMILES string of the molecule is O=C(COc1cccc([C@H]2c3sc(=O)[nH]c3SC3C(=O)N(c4ccccc4C(F)(F)F)C(=O)C32)c1)Nc1ccc(Cl)c(Cl)c1. The van der Waals surface area contributed by atoms with Gasteiger partial charge in [-0.15, -0.1) is 0 Å². The number of aromatic amines is 1. The molecule has 3 heterocycles. The summed E-state index contributed by atoms with van der Waals surface area (Å²) in [5, 5.41) is 2.50. The summed E-state index contributed by atoms with van der Waals surface area (Å²) in [5.41, 5.74) is -0.778. The van der Waals surface area contributed by atoms with Crippen LogP contribution in [0.3, 0.4) is 0 Å². The van der Waals surface area contributed by atoms with Gasteiger partial charge < -0.3 is 15.0 Å². The third kappa shape index (κ3) is 5.60. The fourth-order valence-electron chi connectivity index (χ4n) is 5.24. The maximum Gasteiger partial charge on any atom is 0.418 e. The van der Waals surface area contributed by atoms with Gasteiger partial charge in [-0.25, -0.2) is 4.90 Å². The number of imide groups is 1. The normalized spacial score (nSPS) is 19.5. The first kappa shape index (κ1) is 30.3. The number of aromatic nitrogens is 1. The number of hydrogen-bond donors (Lipinski definition) is 2. The van der Waals surface area contributed by atoms with Crippen LogP contribution in [0.1, 0.15) is 21.9 Å². The number of rotatable bonds is 6. The Morgan fingerprint density at radius 1 is 0.977 bits per heavy atom. The van der Waals surface area contributed by atoms with Crippen molar-refractivity contribution in [2.75, 3.05) is 16.8 Å². The molecule has 2 aliphatic rings. The summed E-state index contributed by atoms with van der Waals surface area (Å²) in [6, 6.07) is 15.4. The number of anilines is 2. The summed E-state index contributed by atoms with van der Waals surface area (Å²) < 4.78 is 47.3. The zero-order valence-electron chi connectivity index (χ0n) is 22.0. The lowest BCUT2D eigenvalue weighted by Crippen LogP contribution is -2.33. The first-order valence-corrected chi connectivity index (χ1v) is 15.3. The van der Waals surface area contributed by atoms with Crippen LogP contribution < -0.4 is 19.8 Å². The van der Waals surface area contributed by atoms with E-state index in [-0.39, 0.29) is 10.8 Å². The number of nitrogens with zero attached hydrogens (tertiary/aromatic N) is 1. The van der Waals surface area contributed by atoms with Crippen molar-refractivity contribution in [2.45, 2.75) is 22.4 Å². The number of carbonyl (C=O) groups excluding carboxylic acids is 3. The fraction of sp³-hybridized carbons (Fsp3) is 0.172. The molecule has 0 bridgehead atoms. The monoisotopic (exact) mass is 679 g/mol. The summed E-state index contributed by atoms with van der Waals surface area (Å²) >= 11 is 13.7. The van der Waals surface area contributed by atoms with Gasteiger partial charge in [0.2, 0.25) is 11.8 Å². The van der Waals surface area contributed by atoms with Gasteiger partial charge in [-0.1, -0.05) is 70.6 Å². The number of thioether (sulfide) groups is 1. The lowest BCUT2D eigenvalue weighted by atomic mass is 9.83. The summed E-state index contributed by atoms with van der Waals surface area (Å²) in [4.78, 5) is 55.7. The van der Waals surface area contributed by atoms with E-state index in [0.717, 1.165) is 35.2 Å². The molecule has 6 rings (SSSR count). The summed E-state index contributed by atoms with van der Waals surface area (Å²) in [5.74, 6) is -3.83. The Labute approximate surface area is 265 Å². The third-order valence-corrected chi connectivity index (χ3v) is 10.2. The van der Waals surface area contributed by atoms with E-state index >= 15 is 0 Å². The van der Waals surface area contributed by atoms with E-state index in [0.29, 0.717) is 31.1 Å². The Bertz CT molecular complexity index is 1880. The molecule has 0 aliphatic carbocycles. The molecule has 2 N–H and O–H groups in total.